The Hall–Kier alpha value is 3.24. The average Bonchev–Trinajstić information content (AvgIpc) is 2.00. The summed E-state index contributed by atoms with van der Waals surface area (Å²) in [7, 11) is 0. The van der Waals surface area contributed by atoms with Crippen LogP contribution in [0.4, 0.5) is 0 Å². The molecule has 0 saturated heterocycles. The zero-order valence-corrected chi connectivity index (χ0v) is 19.0. The summed E-state index contributed by atoms with van der Waals surface area (Å²) >= 11 is 0. The SMILES string of the molecule is O=C([O-])C[C@@](O)(C(=O)[O-])[C@H](O)C(=O)[O-].[K+].[K+].[K+]. The van der Waals surface area contributed by atoms with E-state index in [0.29, 0.717) is 0 Å². The Kier molecular flexibility index (Phi) is 21.6. The second-order valence-electron chi connectivity index (χ2n) is 2.48. The quantitative estimate of drug-likeness (QED) is 0.471. The monoisotopic (exact) mass is 322 g/mol. The van der Waals surface area contributed by atoms with Gasteiger partial charge in [0.15, 0.2) is 0 Å². The molecule has 80 valence electrons. The predicted octanol–water partition coefficient (Wildman–Crippen LogP) is -15.3. The van der Waals surface area contributed by atoms with Crippen LogP contribution >= 0.6 is 0 Å². The summed E-state index contributed by atoms with van der Waals surface area (Å²) in [6.45, 7) is 0. The molecule has 0 saturated carbocycles. The second-order valence-corrected chi connectivity index (χ2v) is 2.48. The van der Waals surface area contributed by atoms with Gasteiger partial charge in [0.25, 0.3) is 0 Å². The fraction of sp³-hybridized carbons (Fsp3) is 0.500. The zero-order valence-electron chi connectivity index (χ0n) is 9.63. The summed E-state index contributed by atoms with van der Waals surface area (Å²) in [5.41, 5.74) is -3.46. The standard InChI is InChI=1S/C6H8O8.3K/c7-2(8)1-6(14,5(12)13)3(9)4(10)11;;;/h3,9,14H,1H2,(H,7,8)(H,10,11)(H,12,13);;;/q;3*+1/p-3/t3-,6+;;;/m1.../s1. The number of aliphatic carboxylic acids is 3. The van der Waals surface area contributed by atoms with E-state index in [1.807, 2.05) is 0 Å². The molecule has 0 fully saturated rings. The van der Waals surface area contributed by atoms with Gasteiger partial charge >= 0.3 is 154 Å². The first-order chi connectivity index (χ1) is 6.21. The molecule has 2 atom stereocenters. The van der Waals surface area contributed by atoms with Gasteiger partial charge in [0.05, 0.1) is 11.9 Å². The number of hydrogen-bond donors (Lipinski definition) is 2. The van der Waals surface area contributed by atoms with Crippen LogP contribution in [-0.4, -0.2) is 39.8 Å². The van der Waals surface area contributed by atoms with E-state index >= 15 is 0 Å². The molecule has 0 unspecified atom stereocenters. The maximum Gasteiger partial charge on any atom is 1.00 e. The van der Waals surface area contributed by atoms with Gasteiger partial charge in [-0.05, 0) is 0 Å². The number of aliphatic hydroxyl groups excluding tert-OH is 1. The first kappa shape index (κ1) is 28.4. The molecule has 0 aliphatic carbocycles. The van der Waals surface area contributed by atoms with E-state index in [2.05, 4.69) is 0 Å². The molecule has 0 aromatic rings. The van der Waals surface area contributed by atoms with Crippen molar-refractivity contribution in [3.8, 4) is 0 Å². The molecule has 0 aliphatic rings. The van der Waals surface area contributed by atoms with E-state index in [-0.39, 0.29) is 154 Å². The van der Waals surface area contributed by atoms with Gasteiger partial charge < -0.3 is 39.9 Å². The van der Waals surface area contributed by atoms with Gasteiger partial charge in [0.2, 0.25) is 0 Å². The van der Waals surface area contributed by atoms with Gasteiger partial charge in [0.1, 0.15) is 11.7 Å². The van der Waals surface area contributed by atoms with Crippen LogP contribution in [0.25, 0.3) is 0 Å². The van der Waals surface area contributed by atoms with E-state index in [9.17, 15) is 29.7 Å². The summed E-state index contributed by atoms with van der Waals surface area (Å²) in [6, 6.07) is 0. The van der Waals surface area contributed by atoms with E-state index in [0.717, 1.165) is 0 Å². The number of hydrogen-bond acceptors (Lipinski definition) is 8. The smallest absolute Gasteiger partial charge is 0.550 e. The van der Waals surface area contributed by atoms with Crippen LogP contribution < -0.4 is 169 Å². The van der Waals surface area contributed by atoms with Crippen LogP contribution in [0.2, 0.25) is 0 Å². The molecule has 0 spiro atoms. The van der Waals surface area contributed by atoms with Crippen molar-refractivity contribution in [1.82, 2.24) is 0 Å². The van der Waals surface area contributed by atoms with Crippen molar-refractivity contribution in [3.05, 3.63) is 0 Å². The second kappa shape index (κ2) is 12.9. The third-order valence-electron chi connectivity index (χ3n) is 1.44. The van der Waals surface area contributed by atoms with Crippen molar-refractivity contribution >= 4 is 17.9 Å². The van der Waals surface area contributed by atoms with Gasteiger partial charge in [-0.15, -0.1) is 0 Å². The Labute approximate surface area is 224 Å². The Balaban J connectivity index is -0.000000282. The molecule has 11 heteroatoms. The van der Waals surface area contributed by atoms with Crippen molar-refractivity contribution in [1.29, 1.82) is 0 Å². The normalized spacial score (nSPS) is 13.8. The molecule has 0 aromatic carbocycles. The van der Waals surface area contributed by atoms with E-state index in [1.165, 1.54) is 0 Å². The molecule has 0 aliphatic heterocycles. The van der Waals surface area contributed by atoms with E-state index in [1.54, 1.807) is 0 Å². The molecular formula is C6H5K3O8. The molecule has 2 N–H and O–H groups in total. The molecule has 8 nitrogen and oxygen atoms in total. The Morgan fingerprint density at radius 2 is 1.41 bits per heavy atom. The van der Waals surface area contributed by atoms with Crippen molar-refractivity contribution in [2.75, 3.05) is 0 Å². The fourth-order valence-corrected chi connectivity index (χ4v) is 0.695. The summed E-state index contributed by atoms with van der Waals surface area (Å²) < 4.78 is 0. The molecule has 0 aromatic heterocycles. The summed E-state index contributed by atoms with van der Waals surface area (Å²) in [4.78, 5) is 30.2. The summed E-state index contributed by atoms with van der Waals surface area (Å²) in [5.74, 6) is -6.84. The molecule has 0 radical (unpaired) electrons. The zero-order chi connectivity index (χ0) is 11.5. The van der Waals surface area contributed by atoms with Crippen LogP contribution in [0.5, 0.6) is 0 Å². The molecule has 0 bridgehead atoms. The average molecular weight is 322 g/mol. The molecule has 0 amide bonds. The summed E-state index contributed by atoms with van der Waals surface area (Å²) in [6.07, 6.45) is -4.53. The van der Waals surface area contributed by atoms with Crippen molar-refractivity contribution < 1.29 is 194 Å². The first-order valence-corrected chi connectivity index (χ1v) is 3.24. The molecule has 0 heterocycles. The van der Waals surface area contributed by atoms with Gasteiger partial charge in [0, 0.05) is 12.4 Å². The number of aliphatic hydroxyl groups is 2. The van der Waals surface area contributed by atoms with Gasteiger partial charge in [-0.25, -0.2) is 0 Å². The van der Waals surface area contributed by atoms with Gasteiger partial charge in [-0.3, -0.25) is 0 Å². The largest absolute Gasteiger partial charge is 1.00 e. The minimum Gasteiger partial charge on any atom is -0.550 e. The van der Waals surface area contributed by atoms with Crippen molar-refractivity contribution in [2.24, 2.45) is 0 Å². The Morgan fingerprint density at radius 1 is 1.06 bits per heavy atom. The third kappa shape index (κ3) is 9.73. The molecule has 0 rings (SSSR count). The predicted molar refractivity (Wildman–Crippen MR) is 30.6 cm³/mol. The topological polar surface area (TPSA) is 161 Å². The maximum absolute atomic E-state index is 10.2. The van der Waals surface area contributed by atoms with Crippen LogP contribution in [0.15, 0.2) is 0 Å². The van der Waals surface area contributed by atoms with Crippen molar-refractivity contribution in [3.63, 3.8) is 0 Å². The minimum atomic E-state index is -3.46. The number of rotatable bonds is 5. The Morgan fingerprint density at radius 3 is 1.59 bits per heavy atom. The van der Waals surface area contributed by atoms with Crippen LogP contribution in [-0.2, 0) is 14.4 Å². The minimum absolute atomic E-state index is 0. The van der Waals surface area contributed by atoms with Crippen LogP contribution in [0.3, 0.4) is 0 Å². The Bertz CT molecular complexity index is 282. The summed E-state index contributed by atoms with van der Waals surface area (Å²) in [5, 5.41) is 47.8. The number of carbonyl (C=O) groups excluding carboxylic acids is 3. The van der Waals surface area contributed by atoms with Gasteiger partial charge in [-0.2, -0.15) is 0 Å². The van der Waals surface area contributed by atoms with E-state index < -0.39 is 36.0 Å². The fourth-order valence-electron chi connectivity index (χ4n) is 0.695. The third-order valence-corrected chi connectivity index (χ3v) is 1.44. The van der Waals surface area contributed by atoms with Crippen LogP contribution in [0, 0.1) is 0 Å². The number of carbonyl (C=O) groups is 3. The van der Waals surface area contributed by atoms with E-state index in [4.69, 9.17) is 10.2 Å². The van der Waals surface area contributed by atoms with Crippen molar-refractivity contribution in [2.45, 2.75) is 18.1 Å². The van der Waals surface area contributed by atoms with Crippen LogP contribution in [0.1, 0.15) is 6.42 Å². The number of carboxylic acids is 3. The van der Waals surface area contributed by atoms with Gasteiger partial charge in [-0.1, -0.05) is 0 Å². The first-order valence-electron chi connectivity index (χ1n) is 3.24. The maximum atomic E-state index is 10.2. The molecule has 17 heavy (non-hydrogen) atoms. The molecular weight excluding hydrogens is 317 g/mol. The number of carboxylic acid groups (broad SMARTS) is 3.